The van der Waals surface area contributed by atoms with Crippen molar-refractivity contribution in [3.8, 4) is 10.7 Å². The number of aryl methyl sites for hydroxylation is 1. The van der Waals surface area contributed by atoms with Crippen LogP contribution in [-0.2, 0) is 13.6 Å². The van der Waals surface area contributed by atoms with E-state index in [-0.39, 0.29) is 0 Å². The van der Waals surface area contributed by atoms with Crippen molar-refractivity contribution in [2.45, 2.75) is 6.54 Å². The SMILES string of the molecule is C[n+]1c(-c2cccs2)n(C[C]2[CH][CH][CH][CH]2)c2ccccc21. The first kappa shape index (κ1) is 13.1. The van der Waals surface area contributed by atoms with Gasteiger partial charge in [-0.2, -0.15) is 0 Å². The third kappa shape index (κ3) is 2.20. The number of para-hydroxylation sites is 2. The highest BCUT2D eigenvalue weighted by molar-refractivity contribution is 7.13. The molecule has 21 heavy (non-hydrogen) atoms. The average molecular weight is 292 g/mol. The lowest BCUT2D eigenvalue weighted by molar-refractivity contribution is -0.634. The molecule has 0 aliphatic heterocycles. The number of aromatic nitrogens is 2. The Kier molecular flexibility index (Phi) is 3.30. The number of imidazole rings is 1. The Labute approximate surface area is 129 Å². The molecule has 5 radical (unpaired) electrons. The van der Waals surface area contributed by atoms with Gasteiger partial charge in [-0.1, -0.05) is 18.2 Å². The van der Waals surface area contributed by atoms with E-state index in [0.717, 1.165) is 6.54 Å². The van der Waals surface area contributed by atoms with Crippen molar-refractivity contribution < 1.29 is 4.57 Å². The Morgan fingerprint density at radius 2 is 1.86 bits per heavy atom. The Morgan fingerprint density at radius 3 is 2.62 bits per heavy atom. The maximum Gasteiger partial charge on any atom is 0.299 e. The van der Waals surface area contributed by atoms with Crippen LogP contribution in [-0.4, -0.2) is 4.57 Å². The van der Waals surface area contributed by atoms with Crippen molar-refractivity contribution in [2.24, 2.45) is 7.05 Å². The molecular weight excluding hydrogens is 276 g/mol. The number of rotatable bonds is 3. The molecule has 3 aromatic rings. The van der Waals surface area contributed by atoms with Gasteiger partial charge >= 0.3 is 0 Å². The van der Waals surface area contributed by atoms with E-state index in [1.807, 2.05) is 0 Å². The van der Waals surface area contributed by atoms with Crippen LogP contribution >= 0.6 is 11.3 Å². The summed E-state index contributed by atoms with van der Waals surface area (Å²) in [6.45, 7) is 0.904. The molecule has 2 heterocycles. The van der Waals surface area contributed by atoms with E-state index in [2.05, 4.69) is 83.6 Å². The third-order valence-electron chi connectivity index (χ3n) is 3.92. The maximum atomic E-state index is 2.41. The van der Waals surface area contributed by atoms with Crippen molar-refractivity contribution in [3.05, 3.63) is 73.4 Å². The Balaban J connectivity index is 1.90. The highest BCUT2D eigenvalue weighted by Gasteiger charge is 2.28. The normalized spacial score (nSPS) is 16.0. The zero-order chi connectivity index (χ0) is 14.2. The van der Waals surface area contributed by atoms with E-state index in [1.54, 1.807) is 11.3 Å². The molecule has 1 aliphatic rings. The molecule has 1 fully saturated rings. The molecule has 103 valence electrons. The molecule has 0 bridgehead atoms. The molecule has 0 spiro atoms. The van der Waals surface area contributed by atoms with Crippen molar-refractivity contribution in [1.29, 1.82) is 0 Å². The molecule has 0 atom stereocenters. The second-order valence-corrected chi connectivity index (χ2v) is 6.18. The molecule has 0 saturated heterocycles. The van der Waals surface area contributed by atoms with Gasteiger partial charge in [-0.05, 0) is 49.3 Å². The zero-order valence-electron chi connectivity index (χ0n) is 11.9. The summed E-state index contributed by atoms with van der Waals surface area (Å²) in [5, 5.41) is 2.14. The van der Waals surface area contributed by atoms with E-state index in [0.29, 0.717) is 0 Å². The van der Waals surface area contributed by atoms with Crippen LogP contribution in [0, 0.1) is 31.6 Å². The molecule has 1 saturated carbocycles. The van der Waals surface area contributed by atoms with E-state index in [9.17, 15) is 0 Å². The predicted octanol–water partition coefficient (Wildman–Crippen LogP) is 3.60. The standard InChI is InChI=1S/C18H16N2S/c1-19-15-9-4-5-10-16(15)20(13-14-7-2-3-8-14)18(19)17-11-6-12-21-17/h2-12H,13H2,1H3/q+1. The summed E-state index contributed by atoms with van der Waals surface area (Å²) >= 11 is 1.79. The third-order valence-corrected chi connectivity index (χ3v) is 4.79. The summed E-state index contributed by atoms with van der Waals surface area (Å²) in [5.74, 6) is 2.61. The van der Waals surface area contributed by atoms with E-state index in [1.165, 1.54) is 27.7 Å². The summed E-state index contributed by atoms with van der Waals surface area (Å²) in [7, 11) is 2.15. The van der Waals surface area contributed by atoms with Gasteiger partial charge in [-0.15, -0.1) is 11.3 Å². The molecular formula is C18H16N2S+. The Morgan fingerprint density at radius 1 is 1.05 bits per heavy atom. The van der Waals surface area contributed by atoms with Gasteiger partial charge < -0.3 is 0 Å². The van der Waals surface area contributed by atoms with Crippen LogP contribution in [0.1, 0.15) is 0 Å². The first-order valence-corrected chi connectivity index (χ1v) is 7.94. The lowest BCUT2D eigenvalue weighted by atomic mass is 10.1. The van der Waals surface area contributed by atoms with Crippen molar-refractivity contribution >= 4 is 22.4 Å². The number of benzene rings is 1. The summed E-state index contributed by atoms with van der Waals surface area (Å²) in [6.07, 6.45) is 8.58. The van der Waals surface area contributed by atoms with E-state index >= 15 is 0 Å². The number of fused-ring (bicyclic) bond motifs is 1. The average Bonchev–Trinajstić information content (AvgIpc) is 3.23. The Bertz CT molecular complexity index is 749. The molecule has 1 aliphatic carbocycles. The van der Waals surface area contributed by atoms with Crippen LogP contribution in [0.25, 0.3) is 21.7 Å². The fraction of sp³-hybridized carbons (Fsp3) is 0.111. The van der Waals surface area contributed by atoms with Crippen LogP contribution in [0.5, 0.6) is 0 Å². The van der Waals surface area contributed by atoms with Gasteiger partial charge in [0.1, 0.15) is 4.88 Å². The minimum atomic E-state index is 0.904. The zero-order valence-corrected chi connectivity index (χ0v) is 12.7. The highest BCUT2D eigenvalue weighted by atomic mass is 32.1. The molecule has 3 heteroatoms. The van der Waals surface area contributed by atoms with Gasteiger partial charge in [-0.25, -0.2) is 9.13 Å². The number of hydrogen-bond acceptors (Lipinski definition) is 1. The fourth-order valence-electron chi connectivity index (χ4n) is 2.95. The van der Waals surface area contributed by atoms with Gasteiger partial charge in [0.05, 0.1) is 13.6 Å². The topological polar surface area (TPSA) is 8.81 Å². The molecule has 1 aromatic carbocycles. The first-order valence-electron chi connectivity index (χ1n) is 7.06. The van der Waals surface area contributed by atoms with E-state index < -0.39 is 0 Å². The van der Waals surface area contributed by atoms with Gasteiger partial charge in [0.15, 0.2) is 11.0 Å². The summed E-state index contributed by atoms with van der Waals surface area (Å²) in [5.41, 5.74) is 2.55. The van der Waals surface area contributed by atoms with Crippen LogP contribution < -0.4 is 4.57 Å². The molecule has 2 nitrogen and oxygen atoms in total. The van der Waals surface area contributed by atoms with Crippen molar-refractivity contribution in [3.63, 3.8) is 0 Å². The summed E-state index contributed by atoms with van der Waals surface area (Å²) in [4.78, 5) is 1.31. The van der Waals surface area contributed by atoms with Crippen LogP contribution in [0.4, 0.5) is 0 Å². The summed E-state index contributed by atoms with van der Waals surface area (Å²) in [6, 6.07) is 12.9. The van der Waals surface area contributed by atoms with Crippen LogP contribution in [0.3, 0.4) is 0 Å². The number of nitrogens with zero attached hydrogens (tertiary/aromatic N) is 2. The minimum Gasteiger partial charge on any atom is -0.225 e. The molecule has 0 amide bonds. The van der Waals surface area contributed by atoms with Gasteiger partial charge in [0, 0.05) is 5.92 Å². The predicted molar refractivity (Wildman–Crippen MR) is 86.9 cm³/mol. The van der Waals surface area contributed by atoms with E-state index in [4.69, 9.17) is 0 Å². The molecule has 4 rings (SSSR count). The Hall–Kier alpha value is -1.61. The molecule has 0 unspecified atom stereocenters. The molecule has 2 aromatic heterocycles. The lowest BCUT2D eigenvalue weighted by Gasteiger charge is -2.07. The first-order chi connectivity index (χ1) is 10.3. The smallest absolute Gasteiger partial charge is 0.225 e. The summed E-state index contributed by atoms with van der Waals surface area (Å²) < 4.78 is 4.71. The maximum absolute atomic E-state index is 2.41. The van der Waals surface area contributed by atoms with Crippen LogP contribution in [0.15, 0.2) is 41.8 Å². The quantitative estimate of drug-likeness (QED) is 0.652. The van der Waals surface area contributed by atoms with Gasteiger partial charge in [0.25, 0.3) is 5.82 Å². The second kappa shape index (κ2) is 5.30. The second-order valence-electron chi connectivity index (χ2n) is 5.23. The van der Waals surface area contributed by atoms with Crippen molar-refractivity contribution in [1.82, 2.24) is 4.57 Å². The monoisotopic (exact) mass is 292 g/mol. The van der Waals surface area contributed by atoms with Gasteiger partial charge in [0.2, 0.25) is 0 Å². The largest absolute Gasteiger partial charge is 0.299 e. The highest BCUT2D eigenvalue weighted by Crippen LogP contribution is 2.31. The lowest BCUT2D eigenvalue weighted by Crippen LogP contribution is -2.30. The van der Waals surface area contributed by atoms with Crippen molar-refractivity contribution in [2.75, 3.05) is 0 Å². The molecule has 0 N–H and O–H groups in total. The number of thiophene rings is 1. The van der Waals surface area contributed by atoms with Crippen LogP contribution in [0.2, 0.25) is 0 Å². The van der Waals surface area contributed by atoms with Gasteiger partial charge in [-0.3, -0.25) is 0 Å². The minimum absolute atomic E-state index is 0.904. The number of hydrogen-bond donors (Lipinski definition) is 0. The fourth-order valence-corrected chi connectivity index (χ4v) is 3.76.